The summed E-state index contributed by atoms with van der Waals surface area (Å²) in [5.41, 5.74) is -0.148. The van der Waals surface area contributed by atoms with Crippen molar-refractivity contribution in [1.29, 1.82) is 0 Å². The minimum absolute atomic E-state index is 0.143. The summed E-state index contributed by atoms with van der Waals surface area (Å²) < 4.78 is 65.2. The number of carbonyl (C=O) groups is 1. The Kier molecular flexibility index (Phi) is 7.39. The molecule has 0 saturated heterocycles. The van der Waals surface area contributed by atoms with E-state index in [-0.39, 0.29) is 22.0 Å². The van der Waals surface area contributed by atoms with Crippen molar-refractivity contribution in [2.45, 2.75) is 4.90 Å². The molecule has 0 aliphatic rings. The number of benzene rings is 3. The van der Waals surface area contributed by atoms with E-state index in [0.717, 1.165) is 16.4 Å². The monoisotopic (exact) mass is 496 g/mol. The topological polar surface area (TPSA) is 84.9 Å². The second-order valence-corrected chi connectivity index (χ2v) is 8.98. The van der Waals surface area contributed by atoms with E-state index in [0.29, 0.717) is 16.8 Å². The molecule has 0 atom stereocenters. The summed E-state index contributed by atoms with van der Waals surface area (Å²) in [6.45, 7) is -0.699. The van der Waals surface area contributed by atoms with Gasteiger partial charge in [0.25, 0.3) is 10.0 Å². The van der Waals surface area contributed by atoms with Gasteiger partial charge in [-0.2, -0.15) is 0 Å². The molecule has 0 unspecified atom stereocenters. The predicted octanol–water partition coefficient (Wildman–Crippen LogP) is 4.47. The molecule has 0 aromatic heterocycles. The highest BCUT2D eigenvalue weighted by molar-refractivity contribution is 7.92. The van der Waals surface area contributed by atoms with Gasteiger partial charge in [-0.3, -0.25) is 9.10 Å². The van der Waals surface area contributed by atoms with E-state index >= 15 is 0 Å². The van der Waals surface area contributed by atoms with E-state index in [9.17, 15) is 22.0 Å². The zero-order chi connectivity index (χ0) is 24.2. The van der Waals surface area contributed by atoms with Crippen LogP contribution in [0.5, 0.6) is 11.5 Å². The number of hydrogen-bond donors (Lipinski definition) is 1. The van der Waals surface area contributed by atoms with Crippen LogP contribution >= 0.6 is 11.6 Å². The lowest BCUT2D eigenvalue weighted by Gasteiger charge is -2.24. The maximum atomic E-state index is 13.9. The minimum Gasteiger partial charge on any atom is -0.493 e. The molecule has 0 heterocycles. The standard InChI is InChI=1S/C22H19ClF2N2O5S/c1-31-20-10-8-17(12-21(20)32-2)33(29,30)27(16-6-3-14(23)4-7-16)13-22(28)26-19-9-5-15(24)11-18(19)25/h3-12H,13H2,1-2H3,(H,26,28). The van der Waals surface area contributed by atoms with Crippen LogP contribution in [-0.2, 0) is 14.8 Å². The SMILES string of the molecule is COc1ccc(S(=O)(=O)N(CC(=O)Nc2ccc(F)cc2F)c2ccc(Cl)cc2)cc1OC. The molecule has 3 aromatic rings. The number of methoxy groups -OCH3 is 2. The molecule has 0 aliphatic heterocycles. The van der Waals surface area contributed by atoms with Crippen LogP contribution in [0.1, 0.15) is 0 Å². The number of halogens is 3. The van der Waals surface area contributed by atoms with E-state index in [1.54, 1.807) is 0 Å². The molecular formula is C22H19ClF2N2O5S. The van der Waals surface area contributed by atoms with Crippen LogP contribution in [0, 0.1) is 11.6 Å². The maximum Gasteiger partial charge on any atom is 0.264 e. The number of sulfonamides is 1. The van der Waals surface area contributed by atoms with E-state index in [4.69, 9.17) is 21.1 Å². The third-order valence-electron chi connectivity index (χ3n) is 4.55. The highest BCUT2D eigenvalue weighted by Crippen LogP contribution is 2.32. The first-order valence-corrected chi connectivity index (χ1v) is 11.2. The first-order valence-electron chi connectivity index (χ1n) is 9.41. The van der Waals surface area contributed by atoms with Gasteiger partial charge in [-0.05, 0) is 48.5 Å². The van der Waals surface area contributed by atoms with Gasteiger partial charge < -0.3 is 14.8 Å². The van der Waals surface area contributed by atoms with Crippen molar-refractivity contribution in [3.63, 3.8) is 0 Å². The fourth-order valence-electron chi connectivity index (χ4n) is 2.94. The van der Waals surface area contributed by atoms with Crippen LogP contribution in [0.25, 0.3) is 0 Å². The molecule has 11 heteroatoms. The molecule has 0 saturated carbocycles. The third kappa shape index (κ3) is 5.52. The molecule has 1 amide bonds. The van der Waals surface area contributed by atoms with E-state index in [1.807, 2.05) is 0 Å². The molecule has 0 fully saturated rings. The van der Waals surface area contributed by atoms with Crippen LogP contribution < -0.4 is 19.1 Å². The van der Waals surface area contributed by atoms with Gasteiger partial charge in [0, 0.05) is 17.2 Å². The molecule has 3 rings (SSSR count). The average molecular weight is 497 g/mol. The molecule has 1 N–H and O–H groups in total. The van der Waals surface area contributed by atoms with E-state index in [2.05, 4.69) is 5.32 Å². The zero-order valence-corrected chi connectivity index (χ0v) is 19.1. The molecular weight excluding hydrogens is 478 g/mol. The summed E-state index contributed by atoms with van der Waals surface area (Å²) in [6, 6.07) is 12.4. The summed E-state index contributed by atoms with van der Waals surface area (Å²) in [6.07, 6.45) is 0. The Hall–Kier alpha value is -3.37. The molecule has 0 aliphatic carbocycles. The minimum atomic E-state index is -4.29. The normalized spacial score (nSPS) is 11.1. The number of hydrogen-bond acceptors (Lipinski definition) is 5. The van der Waals surface area contributed by atoms with E-state index < -0.39 is 34.1 Å². The van der Waals surface area contributed by atoms with Gasteiger partial charge in [-0.25, -0.2) is 17.2 Å². The van der Waals surface area contributed by atoms with Crippen molar-refractivity contribution >= 4 is 38.9 Å². The number of rotatable bonds is 8. The lowest BCUT2D eigenvalue weighted by atomic mass is 10.3. The highest BCUT2D eigenvalue weighted by atomic mass is 35.5. The van der Waals surface area contributed by atoms with Crippen LogP contribution in [0.4, 0.5) is 20.2 Å². The van der Waals surface area contributed by atoms with Crippen molar-refractivity contribution in [2.24, 2.45) is 0 Å². The zero-order valence-electron chi connectivity index (χ0n) is 17.5. The van der Waals surface area contributed by atoms with Gasteiger partial charge in [0.05, 0.1) is 30.5 Å². The predicted molar refractivity (Wildman–Crippen MR) is 121 cm³/mol. The van der Waals surface area contributed by atoms with Crippen molar-refractivity contribution < 1.29 is 31.5 Å². The summed E-state index contributed by atoms with van der Waals surface area (Å²) >= 11 is 5.91. The van der Waals surface area contributed by atoms with Crippen molar-refractivity contribution in [3.05, 3.63) is 77.3 Å². The lowest BCUT2D eigenvalue weighted by Crippen LogP contribution is -2.38. The number of nitrogens with zero attached hydrogens (tertiary/aromatic N) is 1. The summed E-state index contributed by atoms with van der Waals surface area (Å²) in [5, 5.41) is 2.62. The Morgan fingerprint density at radius 2 is 1.64 bits per heavy atom. The summed E-state index contributed by atoms with van der Waals surface area (Å²) in [4.78, 5) is 12.5. The van der Waals surface area contributed by atoms with Crippen LogP contribution in [0.3, 0.4) is 0 Å². The Bertz CT molecular complexity index is 1270. The first kappa shape index (κ1) is 24.3. The number of ether oxygens (including phenoxy) is 2. The first-order chi connectivity index (χ1) is 15.6. The van der Waals surface area contributed by atoms with Gasteiger partial charge in [-0.1, -0.05) is 11.6 Å². The van der Waals surface area contributed by atoms with Gasteiger partial charge in [0.15, 0.2) is 11.5 Å². The number of carbonyl (C=O) groups excluding carboxylic acids is 1. The molecule has 0 bridgehead atoms. The fraction of sp³-hybridized carbons (Fsp3) is 0.136. The number of nitrogens with one attached hydrogen (secondary N) is 1. The van der Waals surface area contributed by atoms with Crippen LogP contribution in [0.15, 0.2) is 65.6 Å². The molecule has 3 aromatic carbocycles. The summed E-state index contributed by atoms with van der Waals surface area (Å²) in [7, 11) is -1.52. The van der Waals surface area contributed by atoms with Gasteiger partial charge in [0.2, 0.25) is 5.91 Å². The Morgan fingerprint density at radius 1 is 0.970 bits per heavy atom. The lowest BCUT2D eigenvalue weighted by molar-refractivity contribution is -0.114. The molecule has 7 nitrogen and oxygen atoms in total. The Labute approximate surface area is 194 Å². The number of amides is 1. The van der Waals surface area contributed by atoms with Crippen molar-refractivity contribution in [1.82, 2.24) is 0 Å². The van der Waals surface area contributed by atoms with Gasteiger partial charge >= 0.3 is 0 Å². The smallest absolute Gasteiger partial charge is 0.264 e. The Balaban J connectivity index is 1.99. The molecule has 174 valence electrons. The van der Waals surface area contributed by atoms with Gasteiger partial charge in [0.1, 0.15) is 18.2 Å². The quantitative estimate of drug-likeness (QED) is 0.497. The van der Waals surface area contributed by atoms with Crippen LogP contribution in [0.2, 0.25) is 5.02 Å². The second-order valence-electron chi connectivity index (χ2n) is 6.68. The molecule has 33 heavy (non-hydrogen) atoms. The largest absolute Gasteiger partial charge is 0.493 e. The fourth-order valence-corrected chi connectivity index (χ4v) is 4.50. The number of anilines is 2. The second kappa shape index (κ2) is 10.1. The van der Waals surface area contributed by atoms with Crippen molar-refractivity contribution in [2.75, 3.05) is 30.4 Å². The highest BCUT2D eigenvalue weighted by Gasteiger charge is 2.28. The molecule has 0 spiro atoms. The third-order valence-corrected chi connectivity index (χ3v) is 6.57. The Morgan fingerprint density at radius 3 is 2.24 bits per heavy atom. The van der Waals surface area contributed by atoms with Crippen LogP contribution in [-0.4, -0.2) is 35.1 Å². The van der Waals surface area contributed by atoms with E-state index in [1.165, 1.54) is 56.7 Å². The van der Waals surface area contributed by atoms with Gasteiger partial charge in [-0.15, -0.1) is 0 Å². The average Bonchev–Trinajstić information content (AvgIpc) is 2.79. The molecule has 0 radical (unpaired) electrons. The maximum absolute atomic E-state index is 13.9. The van der Waals surface area contributed by atoms with Crippen molar-refractivity contribution in [3.8, 4) is 11.5 Å². The summed E-state index contributed by atoms with van der Waals surface area (Å²) in [5.74, 6) is -2.17.